The fourth-order valence-electron chi connectivity index (χ4n) is 0.950. The largest absolute Gasteiger partial charge is 0.374 e. The van der Waals surface area contributed by atoms with Crippen LogP contribution >= 0.6 is 15.9 Å². The number of nitrogens with one attached hydrogen (secondary N) is 1. The van der Waals surface area contributed by atoms with Crippen LogP contribution in [0.25, 0.3) is 0 Å². The fourth-order valence-corrected chi connectivity index (χ4v) is 1.38. The van der Waals surface area contributed by atoms with E-state index in [9.17, 15) is 9.18 Å². The third-order valence-electron chi connectivity index (χ3n) is 1.63. The van der Waals surface area contributed by atoms with Gasteiger partial charge < -0.3 is 11.1 Å². The molecule has 1 aromatic rings. The van der Waals surface area contributed by atoms with E-state index in [-0.39, 0.29) is 17.8 Å². The summed E-state index contributed by atoms with van der Waals surface area (Å²) in [6.07, 6.45) is 0. The van der Waals surface area contributed by atoms with E-state index in [0.717, 1.165) is 6.07 Å². The van der Waals surface area contributed by atoms with Crippen LogP contribution in [-0.2, 0) is 4.79 Å². The quantitative estimate of drug-likeness (QED) is 0.871. The van der Waals surface area contributed by atoms with Crippen LogP contribution in [0.4, 0.5) is 10.1 Å². The maximum Gasteiger partial charge on any atom is 0.236 e. The third kappa shape index (κ3) is 2.92. The van der Waals surface area contributed by atoms with E-state index in [4.69, 9.17) is 11.0 Å². The molecule has 4 nitrogen and oxygen atoms in total. The zero-order valence-electron chi connectivity index (χ0n) is 7.55. The van der Waals surface area contributed by atoms with Gasteiger partial charge in [0.05, 0.1) is 17.8 Å². The van der Waals surface area contributed by atoms with E-state index in [1.54, 1.807) is 0 Å². The van der Waals surface area contributed by atoms with Crippen molar-refractivity contribution in [3.63, 3.8) is 0 Å². The molecule has 0 saturated carbocycles. The highest BCUT2D eigenvalue weighted by molar-refractivity contribution is 9.10. The standard InChI is InChI=1S/C9H7BrFN3O/c10-6-2-8(14-4-9(13)15)7(11)1-5(6)3-12/h1-2,14H,4H2,(H2,13,15). The summed E-state index contributed by atoms with van der Waals surface area (Å²) in [5.74, 6) is -1.19. The van der Waals surface area contributed by atoms with E-state index in [2.05, 4.69) is 21.2 Å². The summed E-state index contributed by atoms with van der Waals surface area (Å²) in [6.45, 7) is -0.157. The molecule has 0 aliphatic carbocycles. The first kappa shape index (κ1) is 11.5. The van der Waals surface area contributed by atoms with Gasteiger partial charge in [0.1, 0.15) is 11.9 Å². The Morgan fingerprint density at radius 2 is 2.33 bits per heavy atom. The Morgan fingerprint density at radius 1 is 1.67 bits per heavy atom. The number of carbonyl (C=O) groups is 1. The molecular weight excluding hydrogens is 265 g/mol. The number of benzene rings is 1. The van der Waals surface area contributed by atoms with Crippen molar-refractivity contribution in [3.8, 4) is 6.07 Å². The Balaban J connectivity index is 2.96. The molecule has 3 N–H and O–H groups in total. The minimum Gasteiger partial charge on any atom is -0.374 e. The van der Waals surface area contributed by atoms with Crippen LogP contribution in [0.1, 0.15) is 5.56 Å². The highest BCUT2D eigenvalue weighted by Crippen LogP contribution is 2.24. The van der Waals surface area contributed by atoms with Gasteiger partial charge in [0.2, 0.25) is 5.91 Å². The average Bonchev–Trinajstić information content (AvgIpc) is 2.18. The Morgan fingerprint density at radius 3 is 2.87 bits per heavy atom. The van der Waals surface area contributed by atoms with Crippen molar-refractivity contribution in [2.45, 2.75) is 0 Å². The van der Waals surface area contributed by atoms with Gasteiger partial charge in [-0.1, -0.05) is 0 Å². The monoisotopic (exact) mass is 271 g/mol. The predicted octanol–water partition coefficient (Wildman–Crippen LogP) is 1.36. The number of nitrogens with zero attached hydrogens (tertiary/aromatic N) is 1. The van der Waals surface area contributed by atoms with Crippen molar-refractivity contribution in [1.29, 1.82) is 5.26 Å². The number of rotatable bonds is 3. The summed E-state index contributed by atoms with van der Waals surface area (Å²) in [5.41, 5.74) is 5.21. The number of carbonyl (C=O) groups excluding carboxylic acids is 1. The molecule has 0 fully saturated rings. The van der Waals surface area contributed by atoms with Crippen molar-refractivity contribution < 1.29 is 9.18 Å². The molecular formula is C9H7BrFN3O. The lowest BCUT2D eigenvalue weighted by atomic mass is 10.2. The van der Waals surface area contributed by atoms with Gasteiger partial charge in [-0.05, 0) is 28.1 Å². The molecule has 0 aliphatic heterocycles. The van der Waals surface area contributed by atoms with Crippen LogP contribution in [0.5, 0.6) is 0 Å². The second kappa shape index (κ2) is 4.75. The first-order valence-corrected chi connectivity index (χ1v) is 4.75. The van der Waals surface area contributed by atoms with Gasteiger partial charge in [-0.25, -0.2) is 4.39 Å². The highest BCUT2D eigenvalue weighted by atomic mass is 79.9. The van der Waals surface area contributed by atoms with Crippen LogP contribution in [0.15, 0.2) is 16.6 Å². The maximum atomic E-state index is 13.3. The molecule has 1 aromatic carbocycles. The van der Waals surface area contributed by atoms with Gasteiger partial charge in [0.15, 0.2) is 0 Å². The van der Waals surface area contributed by atoms with Crippen LogP contribution in [0.2, 0.25) is 0 Å². The SMILES string of the molecule is N#Cc1cc(F)c(NCC(N)=O)cc1Br. The number of anilines is 1. The number of primary amides is 1. The lowest BCUT2D eigenvalue weighted by molar-refractivity contribution is -0.116. The van der Waals surface area contributed by atoms with Crippen molar-refractivity contribution >= 4 is 27.5 Å². The van der Waals surface area contributed by atoms with Gasteiger partial charge in [-0.15, -0.1) is 0 Å². The Kier molecular flexibility index (Phi) is 3.63. The lowest BCUT2D eigenvalue weighted by Crippen LogP contribution is -2.22. The molecule has 0 radical (unpaired) electrons. The van der Waals surface area contributed by atoms with Gasteiger partial charge in [-0.3, -0.25) is 4.79 Å². The fraction of sp³-hybridized carbons (Fsp3) is 0.111. The van der Waals surface area contributed by atoms with E-state index in [1.807, 2.05) is 6.07 Å². The molecule has 0 aromatic heterocycles. The lowest BCUT2D eigenvalue weighted by Gasteiger charge is -2.06. The number of amides is 1. The van der Waals surface area contributed by atoms with Gasteiger partial charge in [-0.2, -0.15) is 5.26 Å². The second-order valence-electron chi connectivity index (χ2n) is 2.74. The van der Waals surface area contributed by atoms with E-state index >= 15 is 0 Å². The normalized spacial score (nSPS) is 9.40. The first-order valence-electron chi connectivity index (χ1n) is 3.96. The molecule has 0 bridgehead atoms. The van der Waals surface area contributed by atoms with Crippen molar-refractivity contribution in [2.75, 3.05) is 11.9 Å². The van der Waals surface area contributed by atoms with Crippen LogP contribution in [0, 0.1) is 17.1 Å². The zero-order chi connectivity index (χ0) is 11.4. The maximum absolute atomic E-state index is 13.3. The number of halogens is 2. The summed E-state index contributed by atoms with van der Waals surface area (Å²) in [4.78, 5) is 10.5. The smallest absolute Gasteiger partial charge is 0.236 e. The molecule has 0 heterocycles. The summed E-state index contributed by atoms with van der Waals surface area (Å²) in [5, 5.41) is 11.1. The number of nitriles is 1. The van der Waals surface area contributed by atoms with E-state index in [1.165, 1.54) is 6.07 Å². The molecule has 0 unspecified atom stereocenters. The van der Waals surface area contributed by atoms with Crippen LogP contribution in [-0.4, -0.2) is 12.5 Å². The van der Waals surface area contributed by atoms with E-state index < -0.39 is 11.7 Å². The number of nitrogens with two attached hydrogens (primary N) is 1. The van der Waals surface area contributed by atoms with Crippen molar-refractivity contribution in [3.05, 3.63) is 28.0 Å². The summed E-state index contributed by atoms with van der Waals surface area (Å²) >= 11 is 3.10. The summed E-state index contributed by atoms with van der Waals surface area (Å²) < 4.78 is 13.7. The van der Waals surface area contributed by atoms with Crippen molar-refractivity contribution in [2.24, 2.45) is 5.73 Å². The molecule has 1 amide bonds. The van der Waals surface area contributed by atoms with Gasteiger partial charge >= 0.3 is 0 Å². The van der Waals surface area contributed by atoms with Gasteiger partial charge in [0.25, 0.3) is 0 Å². The van der Waals surface area contributed by atoms with Crippen molar-refractivity contribution in [1.82, 2.24) is 0 Å². The molecule has 78 valence electrons. The molecule has 6 heteroatoms. The molecule has 0 atom stereocenters. The zero-order valence-corrected chi connectivity index (χ0v) is 9.14. The Labute approximate surface area is 94.0 Å². The molecule has 0 saturated heterocycles. The highest BCUT2D eigenvalue weighted by Gasteiger charge is 2.08. The van der Waals surface area contributed by atoms with Crippen LogP contribution in [0.3, 0.4) is 0 Å². The molecule has 0 spiro atoms. The Bertz CT molecular complexity index is 442. The number of hydrogen-bond donors (Lipinski definition) is 2. The Hall–Kier alpha value is -1.61. The molecule has 15 heavy (non-hydrogen) atoms. The minimum absolute atomic E-state index is 0.125. The summed E-state index contributed by atoms with van der Waals surface area (Å²) in [7, 11) is 0. The van der Waals surface area contributed by atoms with Gasteiger partial charge in [0, 0.05) is 4.47 Å². The number of hydrogen-bond acceptors (Lipinski definition) is 3. The minimum atomic E-state index is -0.601. The molecule has 1 rings (SSSR count). The summed E-state index contributed by atoms with van der Waals surface area (Å²) in [6, 6.07) is 4.28. The van der Waals surface area contributed by atoms with Crippen LogP contribution < -0.4 is 11.1 Å². The topological polar surface area (TPSA) is 78.9 Å². The first-order chi connectivity index (χ1) is 7.04. The second-order valence-corrected chi connectivity index (χ2v) is 3.60. The predicted molar refractivity (Wildman–Crippen MR) is 56.5 cm³/mol. The third-order valence-corrected chi connectivity index (χ3v) is 2.29. The van der Waals surface area contributed by atoms with E-state index in [0.29, 0.717) is 4.47 Å². The molecule has 0 aliphatic rings. The average molecular weight is 272 g/mol.